The van der Waals surface area contributed by atoms with Gasteiger partial charge in [-0.3, -0.25) is 19.3 Å². The number of anilines is 1. The number of likely N-dealkylation sites (tertiary alicyclic amines) is 1. The van der Waals surface area contributed by atoms with E-state index in [0.29, 0.717) is 30.0 Å². The van der Waals surface area contributed by atoms with E-state index in [2.05, 4.69) is 5.32 Å². The number of imide groups is 1. The predicted molar refractivity (Wildman–Crippen MR) is 103 cm³/mol. The number of benzene rings is 1. The lowest BCUT2D eigenvalue weighted by molar-refractivity contribution is -0.163. The average molecular weight is 414 g/mol. The van der Waals surface area contributed by atoms with Gasteiger partial charge >= 0.3 is 5.97 Å². The molecule has 9 nitrogen and oxygen atoms in total. The molecule has 0 spiro atoms. The number of fused-ring (bicyclic) bond motifs is 2. The first kappa shape index (κ1) is 19.9. The van der Waals surface area contributed by atoms with Crippen molar-refractivity contribution in [2.45, 2.75) is 38.8 Å². The zero-order valence-corrected chi connectivity index (χ0v) is 16.6. The van der Waals surface area contributed by atoms with Gasteiger partial charge in [0.1, 0.15) is 6.04 Å². The molecule has 0 aromatic heterocycles. The van der Waals surface area contributed by atoms with Crippen LogP contribution < -0.4 is 14.8 Å². The van der Waals surface area contributed by atoms with E-state index in [0.717, 1.165) is 4.90 Å². The van der Waals surface area contributed by atoms with Crippen LogP contribution in [0, 0.1) is 11.8 Å². The molecular formula is C21H22N2O7. The van der Waals surface area contributed by atoms with Gasteiger partial charge in [0.25, 0.3) is 5.91 Å². The Morgan fingerprint density at radius 2 is 1.70 bits per heavy atom. The number of nitrogens with zero attached hydrogens (tertiary/aromatic N) is 1. The molecule has 0 saturated carbocycles. The first-order valence-electron chi connectivity index (χ1n) is 9.79. The van der Waals surface area contributed by atoms with Crippen LogP contribution >= 0.6 is 0 Å². The van der Waals surface area contributed by atoms with Crippen LogP contribution in [0.15, 0.2) is 30.4 Å². The Hall–Kier alpha value is -3.36. The summed E-state index contributed by atoms with van der Waals surface area (Å²) in [7, 11) is 0. The second kappa shape index (κ2) is 7.81. The van der Waals surface area contributed by atoms with Crippen LogP contribution in [0.4, 0.5) is 5.69 Å². The number of nitrogens with one attached hydrogen (secondary N) is 1. The summed E-state index contributed by atoms with van der Waals surface area (Å²) in [6, 6.07) is 3.81. The molecule has 3 aliphatic rings. The minimum Gasteiger partial charge on any atom is -0.454 e. The van der Waals surface area contributed by atoms with E-state index in [1.54, 1.807) is 18.2 Å². The number of esters is 1. The quantitative estimate of drug-likeness (QED) is 0.443. The fraction of sp³-hybridized carbons (Fsp3) is 0.429. The van der Waals surface area contributed by atoms with E-state index in [1.165, 1.54) is 13.8 Å². The van der Waals surface area contributed by atoms with E-state index < -0.39 is 35.9 Å². The van der Waals surface area contributed by atoms with Crippen LogP contribution in [-0.4, -0.2) is 47.5 Å². The van der Waals surface area contributed by atoms with Gasteiger partial charge in [-0.15, -0.1) is 0 Å². The van der Waals surface area contributed by atoms with Gasteiger partial charge in [0.2, 0.25) is 18.6 Å². The Bertz CT molecular complexity index is 915. The summed E-state index contributed by atoms with van der Waals surface area (Å²) >= 11 is 0. The standard InChI is InChI=1S/C21H22N2O7/c1-11(23-19(25)14-5-3-4-6-15(14)20(23)26)21(27)30-12(2)18(24)22-13-7-8-16-17(9-13)29-10-28-16/h3-4,7-9,11-12,14-15H,5-6,10H2,1-2H3,(H,22,24)/t11-,12-,14+,15+/m0/s1. The van der Waals surface area contributed by atoms with Crippen LogP contribution in [0.2, 0.25) is 0 Å². The van der Waals surface area contributed by atoms with Gasteiger partial charge in [-0.1, -0.05) is 12.2 Å². The summed E-state index contributed by atoms with van der Waals surface area (Å²) in [5.74, 6) is -1.85. The molecule has 0 unspecified atom stereocenters. The topological polar surface area (TPSA) is 111 Å². The molecule has 1 fully saturated rings. The lowest BCUT2D eigenvalue weighted by atomic mass is 9.85. The van der Waals surface area contributed by atoms with E-state index >= 15 is 0 Å². The van der Waals surface area contributed by atoms with Crippen molar-refractivity contribution in [2.75, 3.05) is 12.1 Å². The molecule has 1 aliphatic carbocycles. The smallest absolute Gasteiger partial charge is 0.329 e. The van der Waals surface area contributed by atoms with Crippen molar-refractivity contribution in [1.82, 2.24) is 4.90 Å². The highest BCUT2D eigenvalue weighted by Gasteiger charge is 2.50. The normalized spacial score (nSPS) is 23.7. The van der Waals surface area contributed by atoms with Crippen molar-refractivity contribution in [3.63, 3.8) is 0 Å². The molecule has 30 heavy (non-hydrogen) atoms. The largest absolute Gasteiger partial charge is 0.454 e. The Morgan fingerprint density at radius 1 is 1.07 bits per heavy atom. The Labute approximate surface area is 172 Å². The molecule has 1 saturated heterocycles. The van der Waals surface area contributed by atoms with Gasteiger partial charge in [-0.25, -0.2) is 4.79 Å². The lowest BCUT2D eigenvalue weighted by Crippen LogP contribution is -2.46. The molecule has 2 aliphatic heterocycles. The van der Waals surface area contributed by atoms with Crippen molar-refractivity contribution >= 4 is 29.4 Å². The van der Waals surface area contributed by atoms with Crippen molar-refractivity contribution < 1.29 is 33.4 Å². The summed E-state index contributed by atoms with van der Waals surface area (Å²) in [4.78, 5) is 51.2. The summed E-state index contributed by atoms with van der Waals surface area (Å²) < 4.78 is 15.7. The third-order valence-corrected chi connectivity index (χ3v) is 5.57. The van der Waals surface area contributed by atoms with Crippen LogP contribution in [0.3, 0.4) is 0 Å². The molecule has 1 aromatic rings. The van der Waals surface area contributed by atoms with E-state index in [1.807, 2.05) is 12.2 Å². The highest BCUT2D eigenvalue weighted by atomic mass is 16.7. The monoisotopic (exact) mass is 414 g/mol. The van der Waals surface area contributed by atoms with Gasteiger partial charge in [-0.2, -0.15) is 0 Å². The number of allylic oxidation sites excluding steroid dienone is 2. The average Bonchev–Trinajstić information content (AvgIpc) is 3.30. The minimum absolute atomic E-state index is 0.115. The SMILES string of the molecule is C[C@H](OC(=O)[C@H](C)N1C(=O)[C@@H]2CC=CC[C@H]2C1=O)C(=O)Nc1ccc2c(c1)OCO2. The van der Waals surface area contributed by atoms with Gasteiger partial charge in [-0.05, 0) is 38.8 Å². The fourth-order valence-corrected chi connectivity index (χ4v) is 3.86. The maximum absolute atomic E-state index is 12.6. The van der Waals surface area contributed by atoms with E-state index in [-0.39, 0.29) is 18.6 Å². The first-order valence-corrected chi connectivity index (χ1v) is 9.79. The van der Waals surface area contributed by atoms with Crippen molar-refractivity contribution in [3.05, 3.63) is 30.4 Å². The fourth-order valence-electron chi connectivity index (χ4n) is 3.86. The zero-order chi connectivity index (χ0) is 21.4. The maximum Gasteiger partial charge on any atom is 0.329 e. The number of carbonyl (C=O) groups is 4. The van der Waals surface area contributed by atoms with E-state index in [9.17, 15) is 19.2 Å². The van der Waals surface area contributed by atoms with Crippen LogP contribution in [0.1, 0.15) is 26.7 Å². The van der Waals surface area contributed by atoms with Crippen LogP contribution in [0.5, 0.6) is 11.5 Å². The molecule has 1 N–H and O–H groups in total. The minimum atomic E-state index is -1.12. The van der Waals surface area contributed by atoms with E-state index in [4.69, 9.17) is 14.2 Å². The maximum atomic E-state index is 12.6. The predicted octanol–water partition coefficient (Wildman–Crippen LogP) is 1.63. The molecular weight excluding hydrogens is 392 g/mol. The summed E-state index contributed by atoms with van der Waals surface area (Å²) in [6.07, 6.45) is 3.61. The molecule has 158 valence electrons. The summed E-state index contributed by atoms with van der Waals surface area (Å²) in [5, 5.41) is 2.64. The van der Waals surface area contributed by atoms with Crippen LogP contribution in [-0.2, 0) is 23.9 Å². The highest BCUT2D eigenvalue weighted by Crippen LogP contribution is 2.36. The number of rotatable bonds is 5. The van der Waals surface area contributed by atoms with Gasteiger partial charge in [0.15, 0.2) is 17.6 Å². The second-order valence-corrected chi connectivity index (χ2v) is 7.51. The number of ether oxygens (including phenoxy) is 3. The number of carbonyl (C=O) groups excluding carboxylic acids is 4. The molecule has 0 bridgehead atoms. The molecule has 3 amide bonds. The Kier molecular flexibility index (Phi) is 5.19. The lowest BCUT2D eigenvalue weighted by Gasteiger charge is -2.23. The first-order chi connectivity index (χ1) is 14.4. The Balaban J connectivity index is 1.36. The second-order valence-electron chi connectivity index (χ2n) is 7.51. The van der Waals surface area contributed by atoms with Crippen LogP contribution in [0.25, 0.3) is 0 Å². The van der Waals surface area contributed by atoms with Gasteiger partial charge < -0.3 is 19.5 Å². The molecule has 9 heteroatoms. The zero-order valence-electron chi connectivity index (χ0n) is 16.6. The molecule has 0 radical (unpaired) electrons. The molecule has 4 atom stereocenters. The highest BCUT2D eigenvalue weighted by molar-refractivity contribution is 6.08. The number of amides is 3. The summed E-state index contributed by atoms with van der Waals surface area (Å²) in [6.45, 7) is 2.97. The number of hydrogen-bond donors (Lipinski definition) is 1. The van der Waals surface area contributed by atoms with Crippen molar-refractivity contribution in [1.29, 1.82) is 0 Å². The van der Waals surface area contributed by atoms with Crippen molar-refractivity contribution in [3.8, 4) is 11.5 Å². The summed E-state index contributed by atoms with van der Waals surface area (Å²) in [5.41, 5.74) is 0.460. The molecule has 1 aromatic carbocycles. The third-order valence-electron chi connectivity index (χ3n) is 5.57. The third kappa shape index (κ3) is 3.51. The van der Waals surface area contributed by atoms with Gasteiger partial charge in [0.05, 0.1) is 11.8 Å². The van der Waals surface area contributed by atoms with Crippen molar-refractivity contribution in [2.24, 2.45) is 11.8 Å². The molecule has 4 rings (SSSR count). The Morgan fingerprint density at radius 3 is 2.37 bits per heavy atom. The number of hydrogen-bond acceptors (Lipinski definition) is 7. The van der Waals surface area contributed by atoms with Gasteiger partial charge in [0, 0.05) is 11.8 Å². The molecule has 2 heterocycles.